The van der Waals surface area contributed by atoms with Gasteiger partial charge in [-0.05, 0) is 29.5 Å². The van der Waals surface area contributed by atoms with E-state index < -0.39 is 4.92 Å². The van der Waals surface area contributed by atoms with Gasteiger partial charge in [0.15, 0.2) is 5.96 Å². The first-order valence-electron chi connectivity index (χ1n) is 7.91. The smallest absolute Gasteiger partial charge is 0.306 e. The molecule has 1 aromatic heterocycles. The molecule has 0 saturated carbocycles. The molecule has 148 valence electrons. The zero-order chi connectivity index (χ0) is 18.9. The highest BCUT2D eigenvalue weighted by Gasteiger charge is 2.09. The number of halogens is 2. The van der Waals surface area contributed by atoms with Gasteiger partial charge in [-0.2, -0.15) is 16.9 Å². The lowest BCUT2D eigenvalue weighted by Gasteiger charge is -2.14. The number of nitrogens with zero attached hydrogens (tertiary/aromatic N) is 4. The molecule has 0 aliphatic rings. The third kappa shape index (κ3) is 7.33. The Bertz CT molecular complexity index is 786. The van der Waals surface area contributed by atoms with Crippen molar-refractivity contribution >= 4 is 47.4 Å². The summed E-state index contributed by atoms with van der Waals surface area (Å²) in [6, 6.07) is 4.76. The van der Waals surface area contributed by atoms with E-state index in [1.807, 2.05) is 6.26 Å². The van der Waals surface area contributed by atoms with Gasteiger partial charge in [0.25, 0.3) is 0 Å². The molecule has 2 aromatic rings. The Morgan fingerprint density at radius 2 is 2.19 bits per heavy atom. The fraction of sp³-hybridized carbons (Fsp3) is 0.375. The van der Waals surface area contributed by atoms with Crippen LogP contribution in [0.1, 0.15) is 11.1 Å². The lowest BCUT2D eigenvalue weighted by Crippen LogP contribution is -2.38. The molecule has 0 unspecified atom stereocenters. The molecule has 0 aliphatic heterocycles. The van der Waals surface area contributed by atoms with Crippen LogP contribution in [-0.4, -0.2) is 40.5 Å². The van der Waals surface area contributed by atoms with Crippen LogP contribution in [0.15, 0.2) is 35.6 Å². The fourth-order valence-corrected chi connectivity index (χ4v) is 2.89. The van der Waals surface area contributed by atoms with E-state index in [0.29, 0.717) is 25.6 Å². The maximum Gasteiger partial charge on any atom is 0.306 e. The maximum absolute atomic E-state index is 13.4. The van der Waals surface area contributed by atoms with Gasteiger partial charge < -0.3 is 10.6 Å². The van der Waals surface area contributed by atoms with Gasteiger partial charge in [0.1, 0.15) is 18.2 Å². The normalized spacial score (nSPS) is 11.0. The molecule has 1 aromatic carbocycles. The largest absolute Gasteiger partial charge is 0.355 e. The maximum atomic E-state index is 13.4. The molecule has 2 N–H and O–H groups in total. The summed E-state index contributed by atoms with van der Waals surface area (Å²) in [7, 11) is 1.65. The lowest BCUT2D eigenvalue weighted by molar-refractivity contribution is -0.385. The molecule has 0 bridgehead atoms. The van der Waals surface area contributed by atoms with Crippen molar-refractivity contribution in [2.24, 2.45) is 4.99 Å². The molecule has 0 aliphatic carbocycles. The van der Waals surface area contributed by atoms with E-state index in [0.717, 1.165) is 16.9 Å². The zero-order valence-electron chi connectivity index (χ0n) is 15.0. The SMILES string of the molecule is CN=C(NCCn1cc([N+](=O)[O-])cn1)NCc1ccc(F)cc1CSC.I. The Morgan fingerprint density at radius 1 is 1.41 bits per heavy atom. The van der Waals surface area contributed by atoms with Gasteiger partial charge in [-0.1, -0.05) is 6.07 Å². The van der Waals surface area contributed by atoms with E-state index in [2.05, 4.69) is 20.7 Å². The molecule has 0 amide bonds. The molecule has 0 spiro atoms. The second-order valence-corrected chi connectivity index (χ2v) is 6.28. The minimum absolute atomic E-state index is 0. The standard InChI is InChI=1S/C16H21FN6O2S.HI/c1-18-16(19-5-6-22-10-15(9-21-22)23(24)25)20-8-12-3-4-14(17)7-13(12)11-26-2;/h3-4,7,9-10H,5-6,8,11H2,1-2H3,(H2,18,19,20);1H. The Morgan fingerprint density at radius 3 is 2.81 bits per heavy atom. The predicted molar refractivity (Wildman–Crippen MR) is 116 cm³/mol. The minimum Gasteiger partial charge on any atom is -0.355 e. The van der Waals surface area contributed by atoms with Gasteiger partial charge in [0.2, 0.25) is 0 Å². The van der Waals surface area contributed by atoms with Crippen LogP contribution in [0.4, 0.5) is 10.1 Å². The monoisotopic (exact) mass is 508 g/mol. The molecule has 0 saturated heterocycles. The van der Waals surface area contributed by atoms with Gasteiger partial charge in [-0.3, -0.25) is 19.8 Å². The minimum atomic E-state index is -0.480. The van der Waals surface area contributed by atoms with Crippen LogP contribution >= 0.6 is 35.7 Å². The zero-order valence-corrected chi connectivity index (χ0v) is 18.2. The second kappa shape index (κ2) is 11.7. The summed E-state index contributed by atoms with van der Waals surface area (Å²) < 4.78 is 14.9. The topological polar surface area (TPSA) is 97.4 Å². The van der Waals surface area contributed by atoms with Crippen molar-refractivity contribution in [3.05, 3.63) is 57.7 Å². The number of hydrogen-bond donors (Lipinski definition) is 2. The summed E-state index contributed by atoms with van der Waals surface area (Å²) in [5, 5.41) is 20.9. The number of aliphatic imine (C=N–C) groups is 1. The Labute approximate surface area is 178 Å². The summed E-state index contributed by atoms with van der Waals surface area (Å²) >= 11 is 1.64. The van der Waals surface area contributed by atoms with Crippen LogP contribution in [0.5, 0.6) is 0 Å². The fourth-order valence-electron chi connectivity index (χ4n) is 2.31. The van der Waals surface area contributed by atoms with Gasteiger partial charge in [-0.15, -0.1) is 24.0 Å². The first-order valence-corrected chi connectivity index (χ1v) is 9.30. The molecule has 2 rings (SSSR count). The Hall–Kier alpha value is -1.89. The predicted octanol–water partition coefficient (Wildman–Crippen LogP) is 2.78. The van der Waals surface area contributed by atoms with E-state index in [1.54, 1.807) is 30.9 Å². The lowest BCUT2D eigenvalue weighted by atomic mass is 10.1. The molecular formula is C16H22FIN6O2S. The first kappa shape index (κ1) is 23.1. The van der Waals surface area contributed by atoms with Crippen LogP contribution in [-0.2, 0) is 18.8 Å². The number of nitrogens with one attached hydrogen (secondary N) is 2. The van der Waals surface area contributed by atoms with Gasteiger partial charge >= 0.3 is 5.69 Å². The number of thioether (sulfide) groups is 1. The van der Waals surface area contributed by atoms with Crippen molar-refractivity contribution in [3.8, 4) is 0 Å². The molecule has 11 heteroatoms. The molecule has 8 nitrogen and oxygen atoms in total. The van der Waals surface area contributed by atoms with Crippen LogP contribution < -0.4 is 10.6 Å². The number of nitro groups is 1. The quantitative estimate of drug-likeness (QED) is 0.187. The van der Waals surface area contributed by atoms with Gasteiger partial charge in [-0.25, -0.2) is 4.39 Å². The summed E-state index contributed by atoms with van der Waals surface area (Å²) in [6.07, 6.45) is 4.57. The van der Waals surface area contributed by atoms with Crippen molar-refractivity contribution in [2.45, 2.75) is 18.8 Å². The van der Waals surface area contributed by atoms with Gasteiger partial charge in [0.05, 0.1) is 11.5 Å². The summed E-state index contributed by atoms with van der Waals surface area (Å²) in [5.41, 5.74) is 1.92. The average molecular weight is 508 g/mol. The van der Waals surface area contributed by atoms with Crippen molar-refractivity contribution in [1.29, 1.82) is 0 Å². The number of rotatable bonds is 8. The number of benzene rings is 1. The average Bonchev–Trinajstić information content (AvgIpc) is 3.09. The van der Waals surface area contributed by atoms with E-state index in [-0.39, 0.29) is 35.5 Å². The molecular weight excluding hydrogens is 486 g/mol. The van der Waals surface area contributed by atoms with Crippen LogP contribution in [0, 0.1) is 15.9 Å². The summed E-state index contributed by atoms with van der Waals surface area (Å²) in [6.45, 7) is 1.48. The Kier molecular flexibility index (Phi) is 10.1. The molecule has 0 fully saturated rings. The van der Waals surface area contributed by atoms with Crippen LogP contribution in [0.25, 0.3) is 0 Å². The number of hydrogen-bond acceptors (Lipinski definition) is 5. The van der Waals surface area contributed by atoms with Crippen molar-refractivity contribution in [1.82, 2.24) is 20.4 Å². The molecule has 0 radical (unpaired) electrons. The summed E-state index contributed by atoms with van der Waals surface area (Å²) in [4.78, 5) is 14.3. The molecule has 27 heavy (non-hydrogen) atoms. The third-order valence-electron chi connectivity index (χ3n) is 3.60. The summed E-state index contributed by atoms with van der Waals surface area (Å²) in [5.74, 6) is 1.08. The first-order chi connectivity index (χ1) is 12.5. The Balaban J connectivity index is 0.00000364. The molecule has 0 atom stereocenters. The van der Waals surface area contributed by atoms with E-state index in [1.165, 1.54) is 23.1 Å². The van der Waals surface area contributed by atoms with E-state index in [4.69, 9.17) is 0 Å². The molecule has 1 heterocycles. The van der Waals surface area contributed by atoms with E-state index >= 15 is 0 Å². The van der Waals surface area contributed by atoms with Crippen LogP contribution in [0.3, 0.4) is 0 Å². The van der Waals surface area contributed by atoms with Crippen molar-refractivity contribution in [3.63, 3.8) is 0 Å². The highest BCUT2D eigenvalue weighted by atomic mass is 127. The van der Waals surface area contributed by atoms with Crippen LogP contribution in [0.2, 0.25) is 0 Å². The number of aromatic nitrogens is 2. The number of guanidine groups is 1. The third-order valence-corrected chi connectivity index (χ3v) is 4.20. The van der Waals surface area contributed by atoms with Gasteiger partial charge in [0, 0.05) is 25.9 Å². The highest BCUT2D eigenvalue weighted by Crippen LogP contribution is 2.16. The van der Waals surface area contributed by atoms with E-state index in [9.17, 15) is 14.5 Å². The highest BCUT2D eigenvalue weighted by molar-refractivity contribution is 14.0. The van der Waals surface area contributed by atoms with Crippen molar-refractivity contribution < 1.29 is 9.31 Å². The van der Waals surface area contributed by atoms with Crippen molar-refractivity contribution in [2.75, 3.05) is 19.8 Å². The second-order valence-electron chi connectivity index (χ2n) is 5.42.